The molecule has 0 aliphatic heterocycles. The van der Waals surface area contributed by atoms with Crippen molar-refractivity contribution in [2.75, 3.05) is 0 Å². The number of hydrogen-bond donors (Lipinski definition) is 0. The van der Waals surface area contributed by atoms with Crippen LogP contribution in [0.15, 0.2) is 47.3 Å². The van der Waals surface area contributed by atoms with E-state index >= 15 is 0 Å². The smallest absolute Gasteiger partial charge is 0.368 e. The molecule has 0 bridgehead atoms. The van der Waals surface area contributed by atoms with Crippen molar-refractivity contribution in [1.82, 2.24) is 19.8 Å². The van der Waals surface area contributed by atoms with Crippen molar-refractivity contribution in [3.63, 3.8) is 0 Å². The Morgan fingerprint density at radius 3 is 2.52 bits per heavy atom. The molecule has 0 atom stereocenters. The first-order valence-corrected chi connectivity index (χ1v) is 8.35. The molecule has 25 heavy (non-hydrogen) atoms. The summed E-state index contributed by atoms with van der Waals surface area (Å²) >= 11 is 6.17. The molecule has 3 aromatic rings. The molecule has 0 spiro atoms. The molecule has 0 fully saturated rings. The minimum atomic E-state index is -0.306. The Balaban J connectivity index is 2.05. The molecule has 1 heterocycles. The van der Waals surface area contributed by atoms with Gasteiger partial charge >= 0.3 is 5.69 Å². The average molecular weight is 359 g/mol. The van der Waals surface area contributed by atoms with Gasteiger partial charge in [-0.15, -0.1) is 0 Å². The molecular formula is C18H19ClN4O2. The van der Waals surface area contributed by atoms with Crippen molar-refractivity contribution in [3.8, 4) is 11.4 Å². The van der Waals surface area contributed by atoms with Crippen molar-refractivity contribution in [3.05, 3.63) is 69.1 Å². The second-order valence-corrected chi connectivity index (χ2v) is 6.42. The number of halogens is 1. The Kier molecular flexibility index (Phi) is 4.90. The minimum absolute atomic E-state index is 0.261. The number of benzene rings is 2. The predicted octanol–water partition coefficient (Wildman–Crippen LogP) is 3.32. The summed E-state index contributed by atoms with van der Waals surface area (Å²) in [6.45, 7) is 4.46. The lowest BCUT2D eigenvalue weighted by Crippen LogP contribution is -2.23. The van der Waals surface area contributed by atoms with Crippen LogP contribution in [0.25, 0.3) is 5.69 Å². The molecule has 130 valence electrons. The van der Waals surface area contributed by atoms with Crippen molar-refractivity contribution in [2.45, 2.75) is 26.4 Å². The zero-order valence-corrected chi connectivity index (χ0v) is 15.1. The fourth-order valence-corrected chi connectivity index (χ4v) is 2.86. The Morgan fingerprint density at radius 2 is 1.88 bits per heavy atom. The molecule has 3 rings (SSSR count). The first kappa shape index (κ1) is 17.2. The van der Waals surface area contributed by atoms with Gasteiger partial charge in [0.1, 0.15) is 12.4 Å². The van der Waals surface area contributed by atoms with E-state index < -0.39 is 0 Å². The highest BCUT2D eigenvalue weighted by atomic mass is 35.5. The first-order chi connectivity index (χ1) is 12.0. The van der Waals surface area contributed by atoms with Gasteiger partial charge in [0.15, 0.2) is 0 Å². The summed E-state index contributed by atoms with van der Waals surface area (Å²) in [4.78, 5) is 12.3. The second kappa shape index (κ2) is 7.11. The summed E-state index contributed by atoms with van der Waals surface area (Å²) in [7, 11) is 1.57. The second-order valence-electron chi connectivity index (χ2n) is 6.02. The number of tetrazole rings is 1. The molecule has 0 unspecified atom stereocenters. The largest absolute Gasteiger partial charge is 0.487 e. The predicted molar refractivity (Wildman–Crippen MR) is 96.5 cm³/mol. The molecule has 0 saturated carbocycles. The van der Waals surface area contributed by atoms with Gasteiger partial charge in [0.2, 0.25) is 0 Å². The standard InChI is InChI=1S/C18H19ClN4O2/c1-12(2)13-7-6-9-16(23-18(24)22(3)20-21-23)14(13)11-25-17-10-5-4-8-15(17)19/h4-10,12H,11H2,1-3H3. The van der Waals surface area contributed by atoms with Gasteiger partial charge in [-0.25, -0.2) is 4.79 Å². The summed E-state index contributed by atoms with van der Waals surface area (Å²) in [6.07, 6.45) is 0. The van der Waals surface area contributed by atoms with Gasteiger partial charge in [-0.05, 0) is 40.1 Å². The number of para-hydroxylation sites is 1. The van der Waals surface area contributed by atoms with Crippen molar-refractivity contribution >= 4 is 11.6 Å². The lowest BCUT2D eigenvalue weighted by atomic mass is 9.96. The van der Waals surface area contributed by atoms with E-state index in [2.05, 4.69) is 24.3 Å². The Morgan fingerprint density at radius 1 is 1.12 bits per heavy atom. The van der Waals surface area contributed by atoms with E-state index in [4.69, 9.17) is 16.3 Å². The molecule has 0 aliphatic rings. The lowest BCUT2D eigenvalue weighted by molar-refractivity contribution is 0.304. The SMILES string of the molecule is CC(C)c1cccc(-n2nnn(C)c2=O)c1COc1ccccc1Cl. The topological polar surface area (TPSA) is 61.9 Å². The monoisotopic (exact) mass is 358 g/mol. The summed E-state index contributed by atoms with van der Waals surface area (Å²) in [5.74, 6) is 0.859. The first-order valence-electron chi connectivity index (χ1n) is 7.97. The van der Waals surface area contributed by atoms with Crippen LogP contribution in [-0.2, 0) is 13.7 Å². The molecule has 1 aromatic heterocycles. The number of hydrogen-bond acceptors (Lipinski definition) is 4. The number of rotatable bonds is 5. The number of nitrogens with zero attached hydrogens (tertiary/aromatic N) is 4. The maximum atomic E-state index is 12.3. The van der Waals surface area contributed by atoms with E-state index in [0.717, 1.165) is 11.1 Å². The van der Waals surface area contributed by atoms with Crippen molar-refractivity contribution in [2.24, 2.45) is 7.05 Å². The van der Waals surface area contributed by atoms with Crippen LogP contribution >= 0.6 is 11.6 Å². The highest BCUT2D eigenvalue weighted by Crippen LogP contribution is 2.28. The zero-order chi connectivity index (χ0) is 18.0. The van der Waals surface area contributed by atoms with Crippen LogP contribution in [0.4, 0.5) is 0 Å². The quantitative estimate of drug-likeness (QED) is 0.702. The van der Waals surface area contributed by atoms with Gasteiger partial charge in [-0.3, -0.25) is 0 Å². The molecule has 0 N–H and O–H groups in total. The Hall–Kier alpha value is -2.60. The maximum Gasteiger partial charge on any atom is 0.368 e. The van der Waals surface area contributed by atoms with E-state index in [1.807, 2.05) is 36.4 Å². The number of aryl methyl sites for hydroxylation is 1. The highest BCUT2D eigenvalue weighted by Gasteiger charge is 2.17. The molecule has 0 radical (unpaired) electrons. The van der Waals surface area contributed by atoms with E-state index in [0.29, 0.717) is 16.5 Å². The minimum Gasteiger partial charge on any atom is -0.487 e. The van der Waals surface area contributed by atoms with E-state index in [-0.39, 0.29) is 18.2 Å². The van der Waals surface area contributed by atoms with E-state index in [1.54, 1.807) is 13.1 Å². The summed E-state index contributed by atoms with van der Waals surface area (Å²) < 4.78 is 8.40. The summed E-state index contributed by atoms with van der Waals surface area (Å²) in [5.41, 5.74) is 2.33. The zero-order valence-electron chi connectivity index (χ0n) is 14.3. The van der Waals surface area contributed by atoms with Crippen molar-refractivity contribution in [1.29, 1.82) is 0 Å². The number of aromatic nitrogens is 4. The van der Waals surface area contributed by atoms with Crippen LogP contribution in [0.3, 0.4) is 0 Å². The highest BCUT2D eigenvalue weighted by molar-refractivity contribution is 6.32. The fourth-order valence-electron chi connectivity index (χ4n) is 2.67. The summed E-state index contributed by atoms with van der Waals surface area (Å²) in [6, 6.07) is 13.1. The molecular weight excluding hydrogens is 340 g/mol. The van der Waals surface area contributed by atoms with Crippen LogP contribution in [0.5, 0.6) is 5.75 Å². The van der Waals surface area contributed by atoms with Crippen LogP contribution in [-0.4, -0.2) is 19.8 Å². The van der Waals surface area contributed by atoms with Crippen LogP contribution in [0.2, 0.25) is 5.02 Å². The van der Waals surface area contributed by atoms with Gasteiger partial charge < -0.3 is 4.74 Å². The van der Waals surface area contributed by atoms with Crippen molar-refractivity contribution < 1.29 is 4.74 Å². The van der Waals surface area contributed by atoms with Crippen LogP contribution < -0.4 is 10.4 Å². The third kappa shape index (κ3) is 3.44. The third-order valence-corrected chi connectivity index (χ3v) is 4.28. The Labute approximate surface area is 150 Å². The van der Waals surface area contributed by atoms with Gasteiger partial charge in [-0.2, -0.15) is 9.36 Å². The normalized spacial score (nSPS) is 11.1. The molecule has 0 amide bonds. The molecule has 6 nitrogen and oxygen atoms in total. The number of ether oxygens (including phenoxy) is 1. The average Bonchev–Trinajstić information content (AvgIpc) is 2.93. The third-order valence-electron chi connectivity index (χ3n) is 3.97. The lowest BCUT2D eigenvalue weighted by Gasteiger charge is -2.17. The van der Waals surface area contributed by atoms with Gasteiger partial charge in [0.25, 0.3) is 0 Å². The fraction of sp³-hybridized carbons (Fsp3) is 0.278. The maximum absolute atomic E-state index is 12.3. The van der Waals surface area contributed by atoms with E-state index in [9.17, 15) is 4.79 Å². The van der Waals surface area contributed by atoms with Crippen LogP contribution in [0, 0.1) is 0 Å². The van der Waals surface area contributed by atoms with Crippen LogP contribution in [0.1, 0.15) is 30.9 Å². The summed E-state index contributed by atoms with van der Waals surface area (Å²) in [5, 5.41) is 8.29. The van der Waals surface area contributed by atoms with Gasteiger partial charge in [0.05, 0.1) is 10.7 Å². The van der Waals surface area contributed by atoms with E-state index in [1.165, 1.54) is 9.36 Å². The van der Waals surface area contributed by atoms with Gasteiger partial charge in [-0.1, -0.05) is 49.7 Å². The Bertz CT molecular complexity index is 946. The molecule has 2 aromatic carbocycles. The molecule has 0 aliphatic carbocycles. The molecule has 7 heteroatoms. The van der Waals surface area contributed by atoms with Gasteiger partial charge in [0, 0.05) is 12.6 Å². The molecule has 0 saturated heterocycles.